The Morgan fingerprint density at radius 1 is 1.43 bits per heavy atom. The van der Waals surface area contributed by atoms with Gasteiger partial charge in [-0.25, -0.2) is 23.1 Å². The maximum absolute atomic E-state index is 11.1. The van der Waals surface area contributed by atoms with E-state index in [1.807, 2.05) is 17.6 Å². The second kappa shape index (κ2) is 6.72. The van der Waals surface area contributed by atoms with Crippen molar-refractivity contribution in [1.29, 1.82) is 0 Å². The molecule has 0 aliphatic carbocycles. The molecule has 0 saturated heterocycles. The molecule has 0 saturated carbocycles. The summed E-state index contributed by atoms with van der Waals surface area (Å²) in [5, 5.41) is 0. The second-order valence-electron chi connectivity index (χ2n) is 4.94. The maximum atomic E-state index is 11.1. The number of rotatable bonds is 7. The smallest absolute Gasteiger partial charge is 0.208 e. The van der Waals surface area contributed by atoms with Crippen LogP contribution >= 0.6 is 11.6 Å². The number of aromatic nitrogens is 3. The Labute approximate surface area is 129 Å². The van der Waals surface area contributed by atoms with E-state index in [2.05, 4.69) is 14.7 Å². The third-order valence-electron chi connectivity index (χ3n) is 3.16. The molecule has 0 aliphatic rings. The zero-order valence-corrected chi connectivity index (χ0v) is 13.7. The fraction of sp³-hybridized carbons (Fsp3) is 0.538. The van der Waals surface area contributed by atoms with Gasteiger partial charge in [0.2, 0.25) is 10.0 Å². The van der Waals surface area contributed by atoms with E-state index in [4.69, 9.17) is 11.6 Å². The van der Waals surface area contributed by atoms with Gasteiger partial charge in [0.05, 0.1) is 6.26 Å². The highest BCUT2D eigenvalue weighted by Gasteiger charge is 2.12. The molecule has 0 bridgehead atoms. The Morgan fingerprint density at radius 3 is 2.86 bits per heavy atom. The molecule has 2 heterocycles. The number of hydrogen-bond donors (Lipinski definition) is 1. The van der Waals surface area contributed by atoms with Gasteiger partial charge in [-0.15, -0.1) is 11.6 Å². The van der Waals surface area contributed by atoms with Crippen molar-refractivity contribution in [2.24, 2.45) is 0 Å². The number of nitrogens with zero attached hydrogens (tertiary/aromatic N) is 3. The van der Waals surface area contributed by atoms with Gasteiger partial charge in [0.1, 0.15) is 11.3 Å². The Hall–Kier alpha value is -1.18. The number of alkyl halides is 1. The molecule has 1 N–H and O–H groups in total. The van der Waals surface area contributed by atoms with Gasteiger partial charge in [-0.05, 0) is 25.0 Å². The van der Waals surface area contributed by atoms with Crippen LogP contribution in [0.15, 0.2) is 12.3 Å². The van der Waals surface area contributed by atoms with E-state index < -0.39 is 10.0 Å². The van der Waals surface area contributed by atoms with Crippen LogP contribution < -0.4 is 4.72 Å². The van der Waals surface area contributed by atoms with Crippen molar-refractivity contribution in [1.82, 2.24) is 19.3 Å². The lowest BCUT2D eigenvalue weighted by molar-refractivity contribution is 0.573. The molecule has 0 unspecified atom stereocenters. The zero-order valence-electron chi connectivity index (χ0n) is 12.1. The maximum Gasteiger partial charge on any atom is 0.208 e. The minimum atomic E-state index is -3.15. The largest absolute Gasteiger partial charge is 0.313 e. The summed E-state index contributed by atoms with van der Waals surface area (Å²) < 4.78 is 26.6. The van der Waals surface area contributed by atoms with Crippen LogP contribution in [0.4, 0.5) is 0 Å². The first-order valence-corrected chi connectivity index (χ1v) is 9.16. The van der Waals surface area contributed by atoms with Crippen LogP contribution in [0.2, 0.25) is 0 Å². The summed E-state index contributed by atoms with van der Waals surface area (Å²) >= 11 is 5.83. The first-order chi connectivity index (χ1) is 9.92. The van der Waals surface area contributed by atoms with Gasteiger partial charge in [-0.2, -0.15) is 0 Å². The molecule has 8 heteroatoms. The van der Waals surface area contributed by atoms with Gasteiger partial charge in [-0.3, -0.25) is 0 Å². The molecule has 6 nitrogen and oxygen atoms in total. The minimum Gasteiger partial charge on any atom is -0.313 e. The predicted molar refractivity (Wildman–Crippen MR) is 84.2 cm³/mol. The third kappa shape index (κ3) is 4.15. The van der Waals surface area contributed by atoms with Crippen LogP contribution in [0.1, 0.15) is 17.8 Å². The van der Waals surface area contributed by atoms with Gasteiger partial charge in [0.25, 0.3) is 0 Å². The van der Waals surface area contributed by atoms with Crippen LogP contribution in [-0.4, -0.2) is 41.6 Å². The number of hydrogen-bond acceptors (Lipinski definition) is 4. The van der Waals surface area contributed by atoms with Crippen molar-refractivity contribution in [2.45, 2.75) is 26.3 Å². The van der Waals surface area contributed by atoms with Crippen LogP contribution in [0.5, 0.6) is 0 Å². The van der Waals surface area contributed by atoms with Gasteiger partial charge in [0, 0.05) is 31.6 Å². The van der Waals surface area contributed by atoms with Crippen molar-refractivity contribution in [2.75, 3.05) is 18.7 Å². The lowest BCUT2D eigenvalue weighted by Gasteiger charge is -2.08. The molecular weight excluding hydrogens is 312 g/mol. The summed E-state index contributed by atoms with van der Waals surface area (Å²) in [7, 11) is -3.15. The number of aryl methyl sites for hydroxylation is 3. The molecule has 0 amide bonds. The Balaban J connectivity index is 2.20. The fourth-order valence-corrected chi connectivity index (χ4v) is 2.87. The summed E-state index contributed by atoms with van der Waals surface area (Å²) in [5.41, 5.74) is 2.78. The molecule has 2 aromatic heterocycles. The first-order valence-electron chi connectivity index (χ1n) is 6.73. The molecule has 0 atom stereocenters. The molecule has 0 aliphatic heterocycles. The van der Waals surface area contributed by atoms with E-state index in [-0.39, 0.29) is 0 Å². The summed E-state index contributed by atoms with van der Waals surface area (Å²) in [4.78, 5) is 9.00. The number of halogens is 1. The summed E-state index contributed by atoms with van der Waals surface area (Å²) in [5.74, 6) is 1.38. The monoisotopic (exact) mass is 330 g/mol. The summed E-state index contributed by atoms with van der Waals surface area (Å²) in [6.45, 7) is 3.05. The highest BCUT2D eigenvalue weighted by Crippen LogP contribution is 2.18. The minimum absolute atomic E-state index is 0.393. The number of pyridine rings is 1. The van der Waals surface area contributed by atoms with Gasteiger partial charge >= 0.3 is 0 Å². The van der Waals surface area contributed by atoms with E-state index in [9.17, 15) is 8.42 Å². The van der Waals surface area contributed by atoms with Gasteiger partial charge < -0.3 is 4.57 Å². The molecule has 116 valence electrons. The molecule has 0 aromatic carbocycles. The van der Waals surface area contributed by atoms with E-state index in [1.54, 1.807) is 6.20 Å². The van der Waals surface area contributed by atoms with Crippen molar-refractivity contribution in [3.05, 3.63) is 23.7 Å². The Bertz CT molecular complexity index is 727. The zero-order chi connectivity index (χ0) is 15.5. The average molecular weight is 331 g/mol. The second-order valence-corrected chi connectivity index (χ2v) is 7.15. The number of sulfonamides is 1. The lowest BCUT2D eigenvalue weighted by atomic mass is 10.3. The molecule has 21 heavy (non-hydrogen) atoms. The standard InChI is InChI=1S/C13H19ClN4O2S/c1-10-5-8-15-13-12(10)17-11(4-6-14)18(13)9-3-7-16-21(2,19)20/h5,8,16H,3-4,6-7,9H2,1-2H3. The van der Waals surface area contributed by atoms with E-state index in [0.29, 0.717) is 31.8 Å². The van der Waals surface area contributed by atoms with Crippen molar-refractivity contribution < 1.29 is 8.42 Å². The van der Waals surface area contributed by atoms with Crippen LogP contribution in [-0.2, 0) is 23.0 Å². The van der Waals surface area contributed by atoms with Crippen molar-refractivity contribution >= 4 is 32.8 Å². The van der Waals surface area contributed by atoms with Crippen molar-refractivity contribution in [3.63, 3.8) is 0 Å². The molecule has 0 fully saturated rings. The summed E-state index contributed by atoms with van der Waals surface area (Å²) in [6, 6.07) is 1.93. The molecule has 2 rings (SSSR count). The fourth-order valence-electron chi connectivity index (χ4n) is 2.19. The number of nitrogens with one attached hydrogen (secondary N) is 1. The molecule has 0 spiro atoms. The van der Waals surface area contributed by atoms with E-state index in [1.165, 1.54) is 0 Å². The third-order valence-corrected chi connectivity index (χ3v) is 4.07. The SMILES string of the molecule is Cc1ccnc2c1nc(CCCl)n2CCCNS(C)(=O)=O. The predicted octanol–water partition coefficient (Wildman–Crippen LogP) is 1.46. The normalized spacial score (nSPS) is 12.1. The lowest BCUT2D eigenvalue weighted by Crippen LogP contribution is -2.24. The van der Waals surface area contributed by atoms with Crippen molar-refractivity contribution in [3.8, 4) is 0 Å². The van der Waals surface area contributed by atoms with Gasteiger partial charge in [-0.1, -0.05) is 0 Å². The van der Waals surface area contributed by atoms with E-state index in [0.717, 1.165) is 28.8 Å². The van der Waals surface area contributed by atoms with Gasteiger partial charge in [0.15, 0.2) is 5.65 Å². The van der Waals surface area contributed by atoms with Crippen LogP contribution in [0.3, 0.4) is 0 Å². The first kappa shape index (κ1) is 16.2. The quantitative estimate of drug-likeness (QED) is 0.616. The Kier molecular flexibility index (Phi) is 5.18. The molecule has 2 aromatic rings. The topological polar surface area (TPSA) is 76.9 Å². The molecular formula is C13H19ClN4O2S. The Morgan fingerprint density at radius 2 is 2.19 bits per heavy atom. The number of imidazole rings is 1. The van der Waals surface area contributed by atoms with Crippen LogP contribution in [0.25, 0.3) is 11.2 Å². The summed E-state index contributed by atoms with van der Waals surface area (Å²) in [6.07, 6.45) is 4.25. The molecule has 0 radical (unpaired) electrons. The highest BCUT2D eigenvalue weighted by molar-refractivity contribution is 7.88. The average Bonchev–Trinajstić information content (AvgIpc) is 2.74. The number of fused-ring (bicyclic) bond motifs is 1. The van der Waals surface area contributed by atoms with Crippen LogP contribution in [0, 0.1) is 6.92 Å². The highest BCUT2D eigenvalue weighted by atomic mass is 35.5. The van der Waals surface area contributed by atoms with E-state index >= 15 is 0 Å².